The van der Waals surface area contributed by atoms with Crippen LogP contribution >= 0.6 is 11.6 Å². The maximum absolute atomic E-state index is 11.3. The summed E-state index contributed by atoms with van der Waals surface area (Å²) in [4.78, 5) is 11.3. The fourth-order valence-corrected chi connectivity index (χ4v) is 6.65. The Labute approximate surface area is 99.5 Å². The summed E-state index contributed by atoms with van der Waals surface area (Å²) in [5, 5.41) is 0. The molecule has 0 radical (unpaired) electrons. The molecule has 0 aromatic carbocycles. The molecule has 0 aliphatic rings. The van der Waals surface area contributed by atoms with Crippen molar-refractivity contribution in [2.45, 2.75) is 58.2 Å². The van der Waals surface area contributed by atoms with Crippen LogP contribution in [0.3, 0.4) is 0 Å². The third-order valence-electron chi connectivity index (χ3n) is 2.56. The zero-order chi connectivity index (χ0) is 11.7. The third-order valence-corrected chi connectivity index (χ3v) is 7.67. The summed E-state index contributed by atoms with van der Waals surface area (Å²) in [6.45, 7) is 6.46. The number of carbonyl (C=O) groups is 1. The van der Waals surface area contributed by atoms with E-state index in [-0.39, 0.29) is 11.8 Å². The van der Waals surface area contributed by atoms with Crippen LogP contribution in [-0.4, -0.2) is 20.2 Å². The second-order valence-electron chi connectivity index (χ2n) is 4.04. The van der Waals surface area contributed by atoms with Crippen molar-refractivity contribution in [3.63, 3.8) is 0 Å². The van der Waals surface area contributed by atoms with Crippen molar-refractivity contribution >= 4 is 25.9 Å². The first kappa shape index (κ1) is 15.0. The molecular formula is C11H23ClO2Si. The van der Waals surface area contributed by atoms with E-state index in [0.29, 0.717) is 0 Å². The molecule has 0 bridgehead atoms. The molecule has 0 aromatic rings. The highest BCUT2D eigenvalue weighted by molar-refractivity contribution is 6.75. The largest absolute Gasteiger partial charge is 0.518 e. The van der Waals surface area contributed by atoms with Crippen molar-refractivity contribution in [1.82, 2.24) is 0 Å². The Morgan fingerprint density at radius 3 is 1.73 bits per heavy atom. The normalized spacial score (nSPS) is 11.5. The molecule has 15 heavy (non-hydrogen) atoms. The molecule has 4 heteroatoms. The number of rotatable bonds is 8. The first-order valence-electron chi connectivity index (χ1n) is 5.92. The highest BCUT2D eigenvalue weighted by atomic mass is 35.5. The highest BCUT2D eigenvalue weighted by Crippen LogP contribution is 2.27. The smallest absolute Gasteiger partial charge is 0.307 e. The first-order valence-corrected chi connectivity index (χ1v) is 8.98. The Balaban J connectivity index is 4.51. The molecule has 0 fully saturated rings. The van der Waals surface area contributed by atoms with E-state index in [4.69, 9.17) is 16.0 Å². The minimum atomic E-state index is -1.81. The minimum Gasteiger partial charge on any atom is -0.518 e. The van der Waals surface area contributed by atoms with Gasteiger partial charge in [-0.15, -0.1) is 11.6 Å². The van der Waals surface area contributed by atoms with E-state index in [1.165, 1.54) is 0 Å². The van der Waals surface area contributed by atoms with Gasteiger partial charge in [-0.2, -0.15) is 0 Å². The lowest BCUT2D eigenvalue weighted by molar-refractivity contribution is -0.132. The van der Waals surface area contributed by atoms with Crippen LogP contribution < -0.4 is 0 Å². The van der Waals surface area contributed by atoms with Crippen LogP contribution in [0.15, 0.2) is 0 Å². The Hall–Kier alpha value is -0.0231. The van der Waals surface area contributed by atoms with Gasteiger partial charge in [-0.1, -0.05) is 40.0 Å². The molecule has 0 spiro atoms. The number of alkyl halides is 1. The summed E-state index contributed by atoms with van der Waals surface area (Å²) in [7, 11) is -1.81. The van der Waals surface area contributed by atoms with E-state index < -0.39 is 8.32 Å². The third kappa shape index (κ3) is 5.57. The predicted molar refractivity (Wildman–Crippen MR) is 67.9 cm³/mol. The van der Waals surface area contributed by atoms with Gasteiger partial charge >= 0.3 is 5.97 Å². The molecule has 0 heterocycles. The molecule has 0 unspecified atom stereocenters. The SMILES string of the molecule is CCC[Si](CCC)(CCC)OC(=O)CCl. The van der Waals surface area contributed by atoms with E-state index in [1.54, 1.807) is 0 Å². The molecular weight excluding hydrogens is 228 g/mol. The average Bonchev–Trinajstić information content (AvgIpc) is 2.18. The van der Waals surface area contributed by atoms with Gasteiger partial charge in [-0.05, 0) is 18.1 Å². The van der Waals surface area contributed by atoms with Crippen LogP contribution in [-0.2, 0) is 9.22 Å². The molecule has 0 saturated carbocycles. The number of halogens is 1. The highest BCUT2D eigenvalue weighted by Gasteiger charge is 2.35. The fraction of sp³-hybridized carbons (Fsp3) is 0.909. The van der Waals surface area contributed by atoms with E-state index in [9.17, 15) is 4.79 Å². The van der Waals surface area contributed by atoms with Crippen LogP contribution in [0.2, 0.25) is 18.1 Å². The van der Waals surface area contributed by atoms with Gasteiger partial charge in [0.25, 0.3) is 8.32 Å². The monoisotopic (exact) mass is 250 g/mol. The van der Waals surface area contributed by atoms with Gasteiger partial charge in [0.05, 0.1) is 0 Å². The van der Waals surface area contributed by atoms with Gasteiger partial charge in [-0.25, -0.2) is 0 Å². The summed E-state index contributed by atoms with van der Waals surface area (Å²) in [6, 6.07) is 3.24. The van der Waals surface area contributed by atoms with E-state index >= 15 is 0 Å². The lowest BCUT2D eigenvalue weighted by Gasteiger charge is -2.30. The fourth-order valence-electron chi connectivity index (χ4n) is 2.16. The van der Waals surface area contributed by atoms with Crippen molar-refractivity contribution in [3.05, 3.63) is 0 Å². The van der Waals surface area contributed by atoms with E-state index in [1.807, 2.05) is 0 Å². The lowest BCUT2D eigenvalue weighted by atomic mass is 10.6. The van der Waals surface area contributed by atoms with Crippen molar-refractivity contribution in [2.75, 3.05) is 5.88 Å². The Bertz CT molecular complexity index is 168. The minimum absolute atomic E-state index is 0.00804. The lowest BCUT2D eigenvalue weighted by Crippen LogP contribution is -2.40. The van der Waals surface area contributed by atoms with Crippen molar-refractivity contribution in [3.8, 4) is 0 Å². The van der Waals surface area contributed by atoms with Crippen molar-refractivity contribution in [1.29, 1.82) is 0 Å². The molecule has 90 valence electrons. The van der Waals surface area contributed by atoms with E-state index in [0.717, 1.165) is 37.4 Å². The average molecular weight is 251 g/mol. The standard InChI is InChI=1S/C11H23ClO2Si/c1-4-7-15(8-5-2,9-6-3)14-11(13)10-12/h4-10H2,1-3H3. The second-order valence-corrected chi connectivity index (χ2v) is 8.38. The zero-order valence-corrected chi connectivity index (χ0v) is 11.9. The predicted octanol–water partition coefficient (Wildman–Crippen LogP) is 3.94. The van der Waals surface area contributed by atoms with Gasteiger partial charge in [0.1, 0.15) is 5.88 Å². The number of carbonyl (C=O) groups excluding carboxylic acids is 1. The van der Waals surface area contributed by atoms with Crippen molar-refractivity contribution < 1.29 is 9.22 Å². The van der Waals surface area contributed by atoms with Crippen LogP contribution in [0, 0.1) is 0 Å². The van der Waals surface area contributed by atoms with Gasteiger partial charge in [0.15, 0.2) is 0 Å². The zero-order valence-electron chi connectivity index (χ0n) is 10.1. The topological polar surface area (TPSA) is 26.3 Å². The van der Waals surface area contributed by atoms with E-state index in [2.05, 4.69) is 20.8 Å². The molecule has 0 rings (SSSR count). The first-order chi connectivity index (χ1) is 7.14. The second kappa shape index (κ2) is 8.17. The summed E-state index contributed by atoms with van der Waals surface area (Å²) in [5.41, 5.74) is 0. The summed E-state index contributed by atoms with van der Waals surface area (Å²) in [6.07, 6.45) is 3.30. The molecule has 0 atom stereocenters. The molecule has 0 saturated heterocycles. The number of hydrogen-bond acceptors (Lipinski definition) is 2. The van der Waals surface area contributed by atoms with Crippen molar-refractivity contribution in [2.24, 2.45) is 0 Å². The Kier molecular flexibility index (Phi) is 8.15. The molecule has 0 N–H and O–H groups in total. The summed E-state index contributed by atoms with van der Waals surface area (Å²) < 4.78 is 5.68. The summed E-state index contributed by atoms with van der Waals surface area (Å²) in [5.74, 6) is -0.231. The summed E-state index contributed by atoms with van der Waals surface area (Å²) >= 11 is 5.51. The molecule has 0 amide bonds. The Morgan fingerprint density at radius 2 is 1.47 bits per heavy atom. The molecule has 0 aliphatic carbocycles. The van der Waals surface area contributed by atoms with Gasteiger partial charge in [0, 0.05) is 0 Å². The molecule has 2 nitrogen and oxygen atoms in total. The van der Waals surface area contributed by atoms with Crippen LogP contribution in [0.1, 0.15) is 40.0 Å². The Morgan fingerprint density at radius 1 is 1.07 bits per heavy atom. The molecule has 0 aromatic heterocycles. The van der Waals surface area contributed by atoms with Crippen LogP contribution in [0.4, 0.5) is 0 Å². The van der Waals surface area contributed by atoms with Gasteiger partial charge in [0.2, 0.25) is 0 Å². The van der Waals surface area contributed by atoms with Gasteiger partial charge < -0.3 is 4.43 Å². The quantitative estimate of drug-likeness (QED) is 0.482. The maximum atomic E-state index is 11.3. The maximum Gasteiger partial charge on any atom is 0.307 e. The number of hydrogen-bond donors (Lipinski definition) is 0. The van der Waals surface area contributed by atoms with Crippen LogP contribution in [0.5, 0.6) is 0 Å². The van der Waals surface area contributed by atoms with Gasteiger partial charge in [-0.3, -0.25) is 4.79 Å². The molecule has 0 aliphatic heterocycles. The van der Waals surface area contributed by atoms with Crippen LogP contribution in [0.25, 0.3) is 0 Å².